The summed E-state index contributed by atoms with van der Waals surface area (Å²) in [5, 5.41) is 0. The molecule has 0 radical (unpaired) electrons. The molecule has 3 heteroatoms. The summed E-state index contributed by atoms with van der Waals surface area (Å²) in [7, 11) is 2.13. The average Bonchev–Trinajstić information content (AvgIpc) is 2.47. The minimum Gasteiger partial charge on any atom is -0.402 e. The second-order valence-corrected chi connectivity index (χ2v) is 5.87. The van der Waals surface area contributed by atoms with Gasteiger partial charge >= 0.3 is 0 Å². The highest BCUT2D eigenvalue weighted by Crippen LogP contribution is 2.40. The maximum atomic E-state index is 6.35. The monoisotopic (exact) mass is 280 g/mol. The average molecular weight is 280 g/mol. The highest BCUT2D eigenvalue weighted by molar-refractivity contribution is 7.82. The van der Waals surface area contributed by atoms with Gasteiger partial charge in [0.25, 0.3) is 0 Å². The molecule has 0 aliphatic heterocycles. The van der Waals surface area contributed by atoms with Crippen LogP contribution in [0, 0.1) is 5.92 Å². The number of rotatable bonds is 6. The van der Waals surface area contributed by atoms with E-state index < -0.39 is 0 Å². The molecule has 2 atom stereocenters. The fourth-order valence-electron chi connectivity index (χ4n) is 2.70. The molecular weight excluding hydrogens is 252 g/mol. The molecule has 0 spiro atoms. The summed E-state index contributed by atoms with van der Waals surface area (Å²) in [5.41, 5.74) is 8.62. The molecule has 1 aliphatic carbocycles. The number of hydrogen-bond donors (Lipinski definition) is 2. The van der Waals surface area contributed by atoms with Crippen molar-refractivity contribution in [2.45, 2.75) is 44.9 Å². The van der Waals surface area contributed by atoms with Crippen molar-refractivity contribution in [1.29, 1.82) is 0 Å². The highest BCUT2D eigenvalue weighted by atomic mass is 32.1. The van der Waals surface area contributed by atoms with E-state index in [1.807, 2.05) is 0 Å². The first-order chi connectivity index (χ1) is 9.01. The Balaban J connectivity index is 3.24. The molecule has 0 heterocycles. The van der Waals surface area contributed by atoms with Gasteiger partial charge in [0.05, 0.1) is 4.87 Å². The number of nitrogens with two attached hydrogens (primary N) is 1. The van der Waals surface area contributed by atoms with E-state index in [1.165, 1.54) is 5.57 Å². The molecule has 0 amide bonds. The molecule has 0 saturated heterocycles. The minimum absolute atomic E-state index is 0.255. The van der Waals surface area contributed by atoms with Crippen LogP contribution in [-0.4, -0.2) is 23.4 Å². The predicted molar refractivity (Wildman–Crippen MR) is 88.2 cm³/mol. The van der Waals surface area contributed by atoms with Gasteiger partial charge < -0.3 is 5.73 Å². The second kappa shape index (κ2) is 7.20. The van der Waals surface area contributed by atoms with E-state index in [0.717, 1.165) is 31.5 Å². The number of thiol groups is 1. The zero-order valence-electron chi connectivity index (χ0n) is 12.7. The van der Waals surface area contributed by atoms with E-state index in [1.54, 1.807) is 0 Å². The van der Waals surface area contributed by atoms with Crippen LogP contribution in [0.3, 0.4) is 0 Å². The van der Waals surface area contributed by atoms with E-state index in [9.17, 15) is 0 Å². The van der Waals surface area contributed by atoms with Crippen molar-refractivity contribution in [2.75, 3.05) is 13.6 Å². The van der Waals surface area contributed by atoms with Crippen molar-refractivity contribution < 1.29 is 0 Å². The third-order valence-corrected chi connectivity index (χ3v) is 5.01. The summed E-state index contributed by atoms with van der Waals surface area (Å²) in [6.07, 6.45) is 11.5. The van der Waals surface area contributed by atoms with Crippen molar-refractivity contribution >= 4 is 12.6 Å². The lowest BCUT2D eigenvalue weighted by atomic mass is 9.83. The van der Waals surface area contributed by atoms with Gasteiger partial charge in [-0.2, -0.15) is 12.6 Å². The zero-order chi connectivity index (χ0) is 14.5. The molecule has 0 aromatic rings. The lowest BCUT2D eigenvalue weighted by Gasteiger charge is -2.42. The van der Waals surface area contributed by atoms with Gasteiger partial charge in [0.2, 0.25) is 0 Å². The largest absolute Gasteiger partial charge is 0.402 e. The van der Waals surface area contributed by atoms with Gasteiger partial charge in [-0.3, -0.25) is 4.90 Å². The van der Waals surface area contributed by atoms with Crippen LogP contribution in [0.4, 0.5) is 0 Å². The van der Waals surface area contributed by atoms with E-state index in [4.69, 9.17) is 18.4 Å². The third-order valence-electron chi connectivity index (χ3n) is 4.11. The number of nitrogens with zero attached hydrogens (tertiary/aromatic N) is 1. The summed E-state index contributed by atoms with van der Waals surface area (Å²) < 4.78 is 0. The van der Waals surface area contributed by atoms with Crippen molar-refractivity contribution in [3.05, 3.63) is 35.6 Å². The van der Waals surface area contributed by atoms with Crippen LogP contribution in [0.5, 0.6) is 0 Å². The normalized spacial score (nSPS) is 23.4. The molecule has 0 aromatic heterocycles. The molecule has 108 valence electrons. The van der Waals surface area contributed by atoms with Crippen LogP contribution in [0.2, 0.25) is 0 Å². The van der Waals surface area contributed by atoms with E-state index in [2.05, 4.69) is 57.0 Å². The predicted octanol–water partition coefficient (Wildman–Crippen LogP) is 3.73. The summed E-state index contributed by atoms with van der Waals surface area (Å²) in [5.74, 6) is 0.372. The molecule has 0 bridgehead atoms. The first kappa shape index (κ1) is 16.4. The van der Waals surface area contributed by atoms with Gasteiger partial charge in [-0.15, -0.1) is 0 Å². The highest BCUT2D eigenvalue weighted by Gasteiger charge is 2.37. The fourth-order valence-corrected chi connectivity index (χ4v) is 3.16. The van der Waals surface area contributed by atoms with Gasteiger partial charge in [0.1, 0.15) is 0 Å². The Kier molecular flexibility index (Phi) is 6.21. The maximum Gasteiger partial charge on any atom is 0.0877 e. The number of hydrogen-bond acceptors (Lipinski definition) is 3. The van der Waals surface area contributed by atoms with Gasteiger partial charge in [0.15, 0.2) is 0 Å². The van der Waals surface area contributed by atoms with Gasteiger partial charge in [-0.1, -0.05) is 45.1 Å². The fraction of sp³-hybridized carbons (Fsp3) is 0.625. The smallest absolute Gasteiger partial charge is 0.0877 e. The van der Waals surface area contributed by atoms with Crippen molar-refractivity contribution in [3.8, 4) is 0 Å². The third kappa shape index (κ3) is 3.46. The summed E-state index contributed by atoms with van der Waals surface area (Å²) in [6, 6.07) is 0. The van der Waals surface area contributed by atoms with Gasteiger partial charge in [-0.25, -0.2) is 0 Å². The Bertz CT molecular complexity index is 384. The molecular formula is C16H28N2S. The Morgan fingerprint density at radius 3 is 2.47 bits per heavy atom. The number of likely N-dealkylation sites (N-methyl/N-ethyl adjacent to an activating group) is 1. The first-order valence-corrected chi connectivity index (χ1v) is 7.71. The lowest BCUT2D eigenvalue weighted by Crippen LogP contribution is -2.45. The molecule has 2 nitrogen and oxygen atoms in total. The van der Waals surface area contributed by atoms with Crippen LogP contribution in [0.25, 0.3) is 0 Å². The van der Waals surface area contributed by atoms with Crippen LogP contribution in [0.1, 0.15) is 40.0 Å². The summed E-state index contributed by atoms with van der Waals surface area (Å²) in [6.45, 7) is 7.43. The van der Waals surface area contributed by atoms with E-state index in [-0.39, 0.29) is 4.87 Å². The zero-order valence-corrected chi connectivity index (χ0v) is 13.6. The molecule has 0 aromatic carbocycles. The maximum absolute atomic E-state index is 6.35. The van der Waals surface area contributed by atoms with Crippen molar-refractivity contribution in [2.24, 2.45) is 11.7 Å². The minimum atomic E-state index is -0.255. The second-order valence-electron chi connectivity index (χ2n) is 5.13. The van der Waals surface area contributed by atoms with Crippen LogP contribution >= 0.6 is 12.6 Å². The van der Waals surface area contributed by atoms with Crippen molar-refractivity contribution in [3.63, 3.8) is 0 Å². The molecule has 1 rings (SSSR count). The molecule has 0 fully saturated rings. The standard InChI is InChI=1S/C16H28N2S/c1-5-14(17)15(13-11-9-8-10-12-13)16(19,6-2)18(4)7-3/h8-11,13,19H,5-7,12,17H2,1-4H3/b15-14-. The topological polar surface area (TPSA) is 29.3 Å². The van der Waals surface area contributed by atoms with Crippen LogP contribution in [0.15, 0.2) is 35.6 Å². The quantitative estimate of drug-likeness (QED) is 0.573. The van der Waals surface area contributed by atoms with E-state index in [0.29, 0.717) is 5.92 Å². The molecule has 2 unspecified atom stereocenters. The molecule has 0 saturated carbocycles. The van der Waals surface area contributed by atoms with Gasteiger partial charge in [-0.05, 0) is 38.4 Å². The molecule has 2 N–H and O–H groups in total. The SMILES string of the molecule is CC/C(N)=C(\C1C=CC=CC1)C(S)(CC)N(C)CC. The van der Waals surface area contributed by atoms with Crippen LogP contribution in [-0.2, 0) is 0 Å². The number of allylic oxidation sites excluding steroid dienone is 5. The molecule has 1 aliphatic rings. The van der Waals surface area contributed by atoms with E-state index >= 15 is 0 Å². The summed E-state index contributed by atoms with van der Waals surface area (Å²) >= 11 is 5.02. The first-order valence-electron chi connectivity index (χ1n) is 7.27. The molecule has 19 heavy (non-hydrogen) atoms. The van der Waals surface area contributed by atoms with Gasteiger partial charge in [0, 0.05) is 11.6 Å². The Hall–Kier alpha value is -0.670. The van der Waals surface area contributed by atoms with Crippen LogP contribution < -0.4 is 5.73 Å². The Morgan fingerprint density at radius 1 is 1.37 bits per heavy atom. The Morgan fingerprint density at radius 2 is 2.05 bits per heavy atom. The lowest BCUT2D eigenvalue weighted by molar-refractivity contribution is 0.237. The Labute approximate surface area is 123 Å². The summed E-state index contributed by atoms with van der Waals surface area (Å²) in [4.78, 5) is 2.04. The van der Waals surface area contributed by atoms with Crippen molar-refractivity contribution in [1.82, 2.24) is 4.90 Å².